The van der Waals surface area contributed by atoms with E-state index in [1.165, 1.54) is 12.3 Å². The first kappa shape index (κ1) is 31.5. The van der Waals surface area contributed by atoms with Crippen LogP contribution in [0.5, 0.6) is 0 Å². The maximum atomic E-state index is 15.0. The monoisotopic (exact) mass is 571 g/mol. The molecule has 0 spiro atoms. The minimum atomic E-state index is -1.38. The van der Waals surface area contributed by atoms with Gasteiger partial charge in [-0.3, -0.25) is 4.79 Å². The van der Waals surface area contributed by atoms with Gasteiger partial charge in [0, 0.05) is 12.1 Å². The Hall–Kier alpha value is -2.42. The molecule has 2 heterocycles. The summed E-state index contributed by atoms with van der Waals surface area (Å²) in [5.41, 5.74) is -1.63. The van der Waals surface area contributed by atoms with E-state index in [9.17, 15) is 19.1 Å². The van der Waals surface area contributed by atoms with Gasteiger partial charge in [0.25, 0.3) is 0 Å². The number of ketones is 1. The highest BCUT2D eigenvalue weighted by Gasteiger charge is 2.73. The number of aliphatic hydroxyl groups excluding tert-OH is 1. The maximum absolute atomic E-state index is 15.0. The number of halogens is 1. The fourth-order valence-corrected chi connectivity index (χ4v) is 7.51. The molecule has 8 heteroatoms. The van der Waals surface area contributed by atoms with Gasteiger partial charge in [0.15, 0.2) is 23.1 Å². The van der Waals surface area contributed by atoms with Crippen LogP contribution in [0.15, 0.2) is 41.6 Å². The molecule has 1 N–H and O–H groups in total. The first-order valence-corrected chi connectivity index (χ1v) is 14.9. The summed E-state index contributed by atoms with van der Waals surface area (Å²) in [5, 5.41) is 11.5. The summed E-state index contributed by atoms with van der Waals surface area (Å²) in [6, 6.07) is 2.54. The first-order valence-electron chi connectivity index (χ1n) is 14.9. The van der Waals surface area contributed by atoms with Gasteiger partial charge in [0.1, 0.15) is 6.10 Å². The van der Waals surface area contributed by atoms with Crippen LogP contribution in [0.2, 0.25) is 0 Å². The van der Waals surface area contributed by atoms with Gasteiger partial charge in [-0.2, -0.15) is 0 Å². The number of fused-ring (bicyclic) bond motifs is 3. The van der Waals surface area contributed by atoms with Crippen molar-refractivity contribution in [3.8, 4) is 0 Å². The van der Waals surface area contributed by atoms with Gasteiger partial charge in [-0.15, -0.1) is 0 Å². The molecular formula is C33H46FNO6. The van der Waals surface area contributed by atoms with Gasteiger partial charge >= 0.3 is 5.97 Å². The lowest BCUT2D eigenvalue weighted by Crippen LogP contribution is -2.65. The van der Waals surface area contributed by atoms with Crippen LogP contribution < -0.4 is 0 Å². The minimum Gasteiger partial charge on any atom is -0.452 e. The number of rotatable bonds is 6. The van der Waals surface area contributed by atoms with Gasteiger partial charge in [-0.05, 0) is 67.7 Å². The molecule has 5 unspecified atom stereocenters. The molecule has 1 aliphatic heterocycles. The standard InChI is InChI=1S/C31H40FNO6.C2H6/c1-8-18(3)30-13-17(2)25(38-27(36)23-22(32)10-9-11-33-23)31(30,16-34)26-19(15-37-29(6,7)39-26)12-20(24(30)35)21-14-28(21,4)5;1-2/h9-13,18,20-21,25-26,34H,8,14-16H2,1-7H3;1-2H3/t18-,20?,21-,25?,26?,30?,31?;/m1./s1. The minimum absolute atomic E-state index is 0.00509. The number of hydrogen-bond donors (Lipinski definition) is 1. The van der Waals surface area contributed by atoms with E-state index in [1.54, 1.807) is 20.8 Å². The number of carbonyl (C=O) groups is 2. The van der Waals surface area contributed by atoms with Crippen molar-refractivity contribution in [2.24, 2.45) is 34.0 Å². The quantitative estimate of drug-likeness (QED) is 0.327. The van der Waals surface area contributed by atoms with E-state index in [2.05, 4.69) is 18.8 Å². The molecule has 3 aliphatic carbocycles. The summed E-state index contributed by atoms with van der Waals surface area (Å²) < 4.78 is 33.3. The zero-order valence-electron chi connectivity index (χ0n) is 25.9. The predicted molar refractivity (Wildman–Crippen MR) is 153 cm³/mol. The van der Waals surface area contributed by atoms with Crippen molar-refractivity contribution in [1.29, 1.82) is 0 Å². The maximum Gasteiger partial charge on any atom is 0.360 e. The third kappa shape index (κ3) is 4.80. The van der Waals surface area contributed by atoms with Crippen LogP contribution in [-0.4, -0.2) is 53.1 Å². The molecule has 1 saturated heterocycles. The smallest absolute Gasteiger partial charge is 0.360 e. The van der Waals surface area contributed by atoms with Crippen molar-refractivity contribution in [3.63, 3.8) is 0 Å². The zero-order chi connectivity index (χ0) is 30.5. The molecule has 1 aromatic rings. The third-order valence-electron chi connectivity index (χ3n) is 9.85. The molecule has 7 atom stereocenters. The van der Waals surface area contributed by atoms with E-state index < -0.39 is 58.8 Å². The molecule has 1 aromatic heterocycles. The van der Waals surface area contributed by atoms with E-state index in [1.807, 2.05) is 39.8 Å². The highest BCUT2D eigenvalue weighted by Crippen LogP contribution is 2.67. The molecule has 4 aliphatic rings. The zero-order valence-corrected chi connectivity index (χ0v) is 25.9. The van der Waals surface area contributed by atoms with Crippen LogP contribution in [0.3, 0.4) is 0 Å². The van der Waals surface area contributed by atoms with Crippen LogP contribution >= 0.6 is 0 Å². The fourth-order valence-electron chi connectivity index (χ4n) is 7.51. The van der Waals surface area contributed by atoms with Gasteiger partial charge in [0.2, 0.25) is 0 Å². The number of Topliss-reactive ketones (excluding diaryl/α,β-unsaturated/α-hetero) is 1. The van der Waals surface area contributed by atoms with E-state index in [0.29, 0.717) is 12.0 Å². The fraction of sp³-hybridized carbons (Fsp3) is 0.667. The Balaban J connectivity index is 0.00000189. The van der Waals surface area contributed by atoms with Crippen molar-refractivity contribution >= 4 is 11.8 Å². The second kappa shape index (κ2) is 11.0. The molecular weight excluding hydrogens is 525 g/mol. The lowest BCUT2D eigenvalue weighted by molar-refractivity contribution is -0.292. The van der Waals surface area contributed by atoms with E-state index in [4.69, 9.17) is 14.2 Å². The average Bonchev–Trinajstić information content (AvgIpc) is 3.51. The van der Waals surface area contributed by atoms with Crippen LogP contribution in [0, 0.1) is 39.8 Å². The van der Waals surface area contributed by atoms with Crippen molar-refractivity contribution < 1.29 is 33.3 Å². The molecule has 0 bridgehead atoms. The second-order valence-electron chi connectivity index (χ2n) is 13.0. The lowest BCUT2D eigenvalue weighted by Gasteiger charge is -2.55. The van der Waals surface area contributed by atoms with Crippen molar-refractivity contribution in [2.75, 3.05) is 13.2 Å². The Bertz CT molecular complexity index is 1250. The predicted octanol–water partition coefficient (Wildman–Crippen LogP) is 6.07. The number of pyridine rings is 1. The van der Waals surface area contributed by atoms with Crippen LogP contribution in [-0.2, 0) is 19.0 Å². The number of allylic oxidation sites excluding steroid dienone is 2. The van der Waals surface area contributed by atoms with E-state index in [-0.39, 0.29) is 29.6 Å². The lowest BCUT2D eigenvalue weighted by atomic mass is 9.52. The topological polar surface area (TPSA) is 95.0 Å². The normalized spacial score (nSPS) is 35.4. The molecule has 226 valence electrons. The van der Waals surface area contributed by atoms with Gasteiger partial charge < -0.3 is 19.3 Å². The van der Waals surface area contributed by atoms with Crippen LogP contribution in [0.4, 0.5) is 4.39 Å². The molecule has 2 fully saturated rings. The van der Waals surface area contributed by atoms with Crippen molar-refractivity contribution in [3.05, 3.63) is 53.1 Å². The highest BCUT2D eigenvalue weighted by molar-refractivity contribution is 5.95. The van der Waals surface area contributed by atoms with E-state index in [0.717, 1.165) is 18.1 Å². The van der Waals surface area contributed by atoms with Crippen LogP contribution in [0.1, 0.15) is 85.6 Å². The number of hydrogen-bond acceptors (Lipinski definition) is 7. The molecule has 1 saturated carbocycles. The van der Waals surface area contributed by atoms with Gasteiger partial charge in [0.05, 0.1) is 30.1 Å². The first-order chi connectivity index (χ1) is 19.3. The van der Waals surface area contributed by atoms with Gasteiger partial charge in [-0.1, -0.05) is 60.1 Å². The number of aromatic nitrogens is 1. The molecule has 0 radical (unpaired) electrons. The van der Waals surface area contributed by atoms with Gasteiger partial charge in [-0.25, -0.2) is 14.2 Å². The van der Waals surface area contributed by atoms with Crippen LogP contribution in [0.25, 0.3) is 0 Å². The summed E-state index contributed by atoms with van der Waals surface area (Å²) in [6.45, 7) is 17.5. The van der Waals surface area contributed by atoms with Crippen molar-refractivity contribution in [2.45, 2.75) is 93.2 Å². The summed E-state index contributed by atoms with van der Waals surface area (Å²) in [7, 11) is 0. The molecule has 41 heavy (non-hydrogen) atoms. The Morgan fingerprint density at radius 3 is 2.49 bits per heavy atom. The Morgan fingerprint density at radius 2 is 1.93 bits per heavy atom. The summed E-state index contributed by atoms with van der Waals surface area (Å²) in [6.07, 6.45) is 4.96. The Morgan fingerprint density at radius 1 is 1.27 bits per heavy atom. The molecule has 7 nitrogen and oxygen atoms in total. The summed E-state index contributed by atoms with van der Waals surface area (Å²) >= 11 is 0. The molecule has 0 aromatic carbocycles. The number of ether oxygens (including phenoxy) is 3. The number of esters is 1. The summed E-state index contributed by atoms with van der Waals surface area (Å²) in [4.78, 5) is 32.2. The van der Waals surface area contributed by atoms with Crippen molar-refractivity contribution in [1.82, 2.24) is 4.98 Å². The Labute approximate surface area is 243 Å². The summed E-state index contributed by atoms with van der Waals surface area (Å²) in [5.74, 6) is -3.23. The number of nitrogens with zero attached hydrogens (tertiary/aromatic N) is 1. The third-order valence-corrected chi connectivity index (χ3v) is 9.85. The highest BCUT2D eigenvalue weighted by atomic mass is 19.1. The average molecular weight is 572 g/mol. The second-order valence-corrected chi connectivity index (χ2v) is 13.0. The number of aliphatic hydroxyl groups is 1. The molecule has 5 rings (SSSR count). The number of carbonyl (C=O) groups excluding carboxylic acids is 2. The largest absolute Gasteiger partial charge is 0.452 e. The Kier molecular flexibility index (Phi) is 8.46. The van der Waals surface area contributed by atoms with E-state index >= 15 is 0 Å². The molecule has 0 amide bonds. The SMILES string of the molecule is CC.CC[C@@H](C)C12C=C(C)C(OC(=O)c3ncccc3F)C1(CO)C1OC(C)(C)OCC1=CC([C@H]1CC1(C)C)C2=O.